The molecule has 178 valence electrons. The molecule has 2 heterocycles. The van der Waals surface area contributed by atoms with E-state index in [1.165, 1.54) is 18.4 Å². The number of anilines is 1. The van der Waals surface area contributed by atoms with Gasteiger partial charge in [-0.05, 0) is 55.2 Å². The minimum Gasteiger partial charge on any atom is -0.493 e. The van der Waals surface area contributed by atoms with Crippen LogP contribution in [0.5, 0.6) is 11.5 Å². The Morgan fingerprint density at radius 2 is 1.94 bits per heavy atom. The Balaban J connectivity index is 1.57. The third-order valence-corrected chi connectivity index (χ3v) is 7.46. The first-order valence-electron chi connectivity index (χ1n) is 11.8. The third kappa shape index (κ3) is 4.88. The van der Waals surface area contributed by atoms with Crippen LogP contribution in [0.3, 0.4) is 0 Å². The number of carbonyl (C=O) groups excluding carboxylic acids is 1. The summed E-state index contributed by atoms with van der Waals surface area (Å²) in [7, 11) is 1.60. The quantitative estimate of drug-likeness (QED) is 0.489. The van der Waals surface area contributed by atoms with E-state index in [4.69, 9.17) is 9.47 Å². The van der Waals surface area contributed by atoms with Gasteiger partial charge < -0.3 is 14.4 Å². The number of nitrogens with zero attached hydrogens (tertiary/aromatic N) is 3. The minimum atomic E-state index is -0.287. The number of aryl methyl sites for hydroxylation is 1. The van der Waals surface area contributed by atoms with E-state index in [1.807, 2.05) is 25.1 Å². The van der Waals surface area contributed by atoms with Crippen molar-refractivity contribution in [3.05, 3.63) is 64.2 Å². The Morgan fingerprint density at radius 3 is 2.62 bits per heavy atom. The second-order valence-corrected chi connectivity index (χ2v) is 9.41. The van der Waals surface area contributed by atoms with Gasteiger partial charge in [-0.25, -0.2) is 0 Å². The smallest absolute Gasteiger partial charge is 0.229 e. The summed E-state index contributed by atoms with van der Waals surface area (Å²) in [5.41, 5.74) is 3.97. The number of amides is 1. The van der Waals surface area contributed by atoms with E-state index in [9.17, 15) is 10.1 Å². The zero-order valence-electron chi connectivity index (χ0n) is 20.0. The SMILES string of the molecule is CCCCc1ccc(N2CSC3=C(C#N)[C@@H](c4ccc(OCC)c(OC)c4)CC(=O)N3C2)cc1. The Morgan fingerprint density at radius 1 is 1.15 bits per heavy atom. The third-order valence-electron chi connectivity index (χ3n) is 6.30. The number of allylic oxidation sites excluding steroid dienone is 1. The van der Waals surface area contributed by atoms with Crippen molar-refractivity contribution in [2.45, 2.75) is 45.4 Å². The summed E-state index contributed by atoms with van der Waals surface area (Å²) in [4.78, 5) is 17.2. The molecule has 2 aliphatic heterocycles. The number of unbranched alkanes of at least 4 members (excludes halogenated alkanes) is 1. The minimum absolute atomic E-state index is 0.0311. The largest absolute Gasteiger partial charge is 0.493 e. The monoisotopic (exact) mass is 477 g/mol. The molecular weight excluding hydrogens is 446 g/mol. The molecular formula is C27H31N3O3S. The number of carbonyl (C=O) groups is 1. The van der Waals surface area contributed by atoms with Crippen molar-refractivity contribution in [2.24, 2.45) is 0 Å². The fourth-order valence-electron chi connectivity index (χ4n) is 4.44. The van der Waals surface area contributed by atoms with Crippen LogP contribution in [0, 0.1) is 11.3 Å². The summed E-state index contributed by atoms with van der Waals surface area (Å²) in [6.07, 6.45) is 3.72. The molecule has 2 aromatic rings. The van der Waals surface area contributed by atoms with Gasteiger partial charge in [-0.15, -0.1) is 0 Å². The van der Waals surface area contributed by atoms with Gasteiger partial charge >= 0.3 is 0 Å². The number of thioether (sulfide) groups is 1. The van der Waals surface area contributed by atoms with E-state index < -0.39 is 0 Å². The summed E-state index contributed by atoms with van der Waals surface area (Å²) >= 11 is 1.56. The normalized spacial score (nSPS) is 17.9. The van der Waals surface area contributed by atoms with E-state index >= 15 is 0 Å². The number of rotatable bonds is 8. The van der Waals surface area contributed by atoms with Crippen molar-refractivity contribution in [1.29, 1.82) is 5.26 Å². The predicted octanol–water partition coefficient (Wildman–Crippen LogP) is 5.66. The molecule has 4 rings (SSSR count). The zero-order valence-corrected chi connectivity index (χ0v) is 20.9. The Labute approximate surface area is 206 Å². The van der Waals surface area contributed by atoms with Crippen molar-refractivity contribution in [2.75, 3.05) is 31.2 Å². The van der Waals surface area contributed by atoms with Crippen LogP contribution in [0.2, 0.25) is 0 Å². The van der Waals surface area contributed by atoms with Gasteiger partial charge in [-0.2, -0.15) is 5.26 Å². The van der Waals surface area contributed by atoms with Crippen molar-refractivity contribution >= 4 is 23.4 Å². The number of fused-ring (bicyclic) bond motifs is 1. The van der Waals surface area contributed by atoms with Crippen LogP contribution >= 0.6 is 11.8 Å². The van der Waals surface area contributed by atoms with E-state index in [0.717, 1.165) is 22.7 Å². The first-order valence-corrected chi connectivity index (χ1v) is 12.8. The van der Waals surface area contributed by atoms with E-state index in [0.29, 0.717) is 36.2 Å². The van der Waals surface area contributed by atoms with Crippen LogP contribution in [0.1, 0.15) is 50.2 Å². The van der Waals surface area contributed by atoms with Gasteiger partial charge in [0.05, 0.1) is 42.9 Å². The highest BCUT2D eigenvalue weighted by atomic mass is 32.2. The highest BCUT2D eigenvalue weighted by Crippen LogP contribution is 2.44. The molecule has 0 saturated carbocycles. The van der Waals surface area contributed by atoms with Gasteiger partial charge in [-0.1, -0.05) is 43.3 Å². The molecule has 0 unspecified atom stereocenters. The number of hydrogen-bond donors (Lipinski definition) is 0. The number of hydrogen-bond acceptors (Lipinski definition) is 6. The Hall–Kier alpha value is -3.11. The number of ether oxygens (including phenoxy) is 2. The average molecular weight is 478 g/mol. The molecule has 1 fully saturated rings. The number of nitriles is 1. The molecule has 1 atom stereocenters. The maximum Gasteiger partial charge on any atom is 0.229 e. The van der Waals surface area contributed by atoms with Gasteiger partial charge in [0.25, 0.3) is 0 Å². The molecule has 7 heteroatoms. The average Bonchev–Trinajstić information content (AvgIpc) is 2.88. The molecule has 0 aromatic heterocycles. The fraction of sp³-hybridized carbons (Fsp3) is 0.407. The van der Waals surface area contributed by atoms with Crippen molar-refractivity contribution < 1.29 is 14.3 Å². The molecule has 0 aliphatic carbocycles. The molecule has 1 saturated heterocycles. The van der Waals surface area contributed by atoms with Crippen molar-refractivity contribution in [3.8, 4) is 17.6 Å². The summed E-state index contributed by atoms with van der Waals surface area (Å²) in [6.45, 7) is 5.12. The lowest BCUT2D eigenvalue weighted by Crippen LogP contribution is -2.47. The predicted molar refractivity (Wildman–Crippen MR) is 136 cm³/mol. The van der Waals surface area contributed by atoms with Crippen LogP contribution in [-0.4, -0.2) is 37.1 Å². The first-order chi connectivity index (χ1) is 16.6. The van der Waals surface area contributed by atoms with Crippen LogP contribution in [0.25, 0.3) is 0 Å². The molecule has 0 radical (unpaired) electrons. The lowest BCUT2D eigenvalue weighted by Gasteiger charge is -2.42. The number of methoxy groups -OCH3 is 1. The van der Waals surface area contributed by atoms with E-state index in [2.05, 4.69) is 42.2 Å². The van der Waals surface area contributed by atoms with Crippen LogP contribution in [-0.2, 0) is 11.2 Å². The highest BCUT2D eigenvalue weighted by Gasteiger charge is 2.38. The Kier molecular flexibility index (Phi) is 7.69. The summed E-state index contributed by atoms with van der Waals surface area (Å²) in [6, 6.07) is 16.7. The first kappa shape index (κ1) is 24.0. The standard InChI is InChI=1S/C27H31N3O3S/c1-4-6-7-19-8-11-21(12-9-19)29-17-30-26(31)15-22(23(16-28)27(30)34-18-29)20-10-13-24(33-5-2)25(14-20)32-3/h8-14,22H,4-7,15,17-18H2,1-3H3/t22-/m1/s1. The molecule has 6 nitrogen and oxygen atoms in total. The molecule has 34 heavy (non-hydrogen) atoms. The lowest BCUT2D eigenvalue weighted by atomic mass is 9.86. The van der Waals surface area contributed by atoms with Gasteiger partial charge in [0, 0.05) is 18.0 Å². The zero-order chi connectivity index (χ0) is 24.1. The maximum atomic E-state index is 13.2. The van der Waals surface area contributed by atoms with Gasteiger partial charge in [0.1, 0.15) is 0 Å². The molecule has 0 spiro atoms. The molecule has 2 aliphatic rings. The lowest BCUT2D eigenvalue weighted by molar-refractivity contribution is -0.129. The summed E-state index contributed by atoms with van der Waals surface area (Å²) in [5, 5.41) is 10.8. The molecule has 1 amide bonds. The second kappa shape index (κ2) is 10.9. The topological polar surface area (TPSA) is 65.8 Å². The van der Waals surface area contributed by atoms with Crippen LogP contribution < -0.4 is 14.4 Å². The Bertz CT molecular complexity index is 1110. The molecule has 2 aromatic carbocycles. The van der Waals surface area contributed by atoms with Gasteiger partial charge in [0.2, 0.25) is 5.91 Å². The van der Waals surface area contributed by atoms with Gasteiger partial charge in [-0.3, -0.25) is 9.69 Å². The van der Waals surface area contributed by atoms with Crippen molar-refractivity contribution in [1.82, 2.24) is 4.90 Å². The van der Waals surface area contributed by atoms with Crippen LogP contribution in [0.4, 0.5) is 5.69 Å². The molecule has 0 N–H and O–H groups in total. The summed E-state index contributed by atoms with van der Waals surface area (Å²) < 4.78 is 11.1. The van der Waals surface area contributed by atoms with Crippen molar-refractivity contribution in [3.63, 3.8) is 0 Å². The van der Waals surface area contributed by atoms with E-state index in [-0.39, 0.29) is 18.2 Å². The van der Waals surface area contributed by atoms with Gasteiger partial charge in [0.15, 0.2) is 11.5 Å². The number of benzene rings is 2. The molecule has 0 bridgehead atoms. The van der Waals surface area contributed by atoms with Crippen LogP contribution in [0.15, 0.2) is 53.1 Å². The summed E-state index contributed by atoms with van der Waals surface area (Å²) in [5.74, 6) is 1.71. The maximum absolute atomic E-state index is 13.2. The fourth-order valence-corrected chi connectivity index (χ4v) is 5.61. The second-order valence-electron chi connectivity index (χ2n) is 8.48. The van der Waals surface area contributed by atoms with E-state index in [1.54, 1.807) is 23.8 Å². The highest BCUT2D eigenvalue weighted by molar-refractivity contribution is 8.03.